The van der Waals surface area contributed by atoms with E-state index in [0.717, 1.165) is 4.90 Å². The monoisotopic (exact) mass is 186 g/mol. The molecule has 0 atom stereocenters. The van der Waals surface area contributed by atoms with E-state index >= 15 is 0 Å². The highest BCUT2D eigenvalue weighted by Crippen LogP contribution is 2.19. The fourth-order valence-electron chi connectivity index (χ4n) is 0.704. The number of allylic oxidation sites excluding steroid dienone is 1. The zero-order chi connectivity index (χ0) is 9.52. The standard InChI is InChI=1S/C10H6N2S/c11-6-9(7-12)8-13-10-4-2-1-3-5-10/h1-5,8H. The van der Waals surface area contributed by atoms with Crippen LogP contribution in [0.25, 0.3) is 0 Å². The summed E-state index contributed by atoms with van der Waals surface area (Å²) in [6, 6.07) is 13.2. The van der Waals surface area contributed by atoms with Crippen LogP contribution in [-0.2, 0) is 0 Å². The number of benzene rings is 1. The molecule has 0 amide bonds. The van der Waals surface area contributed by atoms with E-state index in [4.69, 9.17) is 10.5 Å². The Morgan fingerprint density at radius 2 is 1.77 bits per heavy atom. The first kappa shape index (κ1) is 9.38. The molecule has 13 heavy (non-hydrogen) atoms. The van der Waals surface area contributed by atoms with Gasteiger partial charge in [-0.3, -0.25) is 0 Å². The summed E-state index contributed by atoms with van der Waals surface area (Å²) in [4.78, 5) is 1.02. The van der Waals surface area contributed by atoms with E-state index in [0.29, 0.717) is 0 Å². The Morgan fingerprint density at radius 3 is 2.31 bits per heavy atom. The van der Waals surface area contributed by atoms with Crippen molar-refractivity contribution in [2.75, 3.05) is 0 Å². The maximum Gasteiger partial charge on any atom is 0.136 e. The molecule has 0 radical (unpaired) electrons. The highest BCUT2D eigenvalue weighted by molar-refractivity contribution is 8.02. The van der Waals surface area contributed by atoms with E-state index < -0.39 is 0 Å². The number of rotatable bonds is 2. The summed E-state index contributed by atoms with van der Waals surface area (Å²) in [5.41, 5.74) is 0.133. The van der Waals surface area contributed by atoms with Crippen LogP contribution in [0.4, 0.5) is 0 Å². The molecule has 0 aliphatic carbocycles. The van der Waals surface area contributed by atoms with E-state index in [1.165, 1.54) is 11.8 Å². The van der Waals surface area contributed by atoms with Crippen LogP contribution in [0.15, 0.2) is 46.2 Å². The van der Waals surface area contributed by atoms with E-state index in [2.05, 4.69) is 0 Å². The Kier molecular flexibility index (Phi) is 3.63. The van der Waals surface area contributed by atoms with Crippen molar-refractivity contribution in [1.29, 1.82) is 10.5 Å². The van der Waals surface area contributed by atoms with E-state index in [1.54, 1.807) is 17.5 Å². The van der Waals surface area contributed by atoms with Crippen molar-refractivity contribution in [1.82, 2.24) is 0 Å². The second kappa shape index (κ2) is 5.03. The van der Waals surface area contributed by atoms with Gasteiger partial charge in [0.15, 0.2) is 0 Å². The topological polar surface area (TPSA) is 47.6 Å². The molecule has 0 N–H and O–H groups in total. The predicted octanol–water partition coefficient (Wildman–Crippen LogP) is 2.71. The lowest BCUT2D eigenvalue weighted by atomic mass is 10.4. The molecule has 1 rings (SSSR count). The zero-order valence-electron chi connectivity index (χ0n) is 6.77. The summed E-state index contributed by atoms with van der Waals surface area (Å²) >= 11 is 1.37. The smallest absolute Gasteiger partial charge is 0.136 e. The van der Waals surface area contributed by atoms with Gasteiger partial charge in [-0.15, -0.1) is 0 Å². The number of thioether (sulfide) groups is 1. The lowest BCUT2D eigenvalue weighted by molar-refractivity contribution is 1.46. The average Bonchev–Trinajstić information content (AvgIpc) is 2.21. The minimum Gasteiger partial charge on any atom is -0.192 e. The Labute approximate surface area is 81.1 Å². The van der Waals surface area contributed by atoms with Gasteiger partial charge in [-0.05, 0) is 12.1 Å². The first-order chi connectivity index (χ1) is 6.36. The number of nitrogens with zero attached hydrogens (tertiary/aromatic N) is 2. The molecule has 0 aliphatic heterocycles. The summed E-state index contributed by atoms with van der Waals surface area (Å²) in [6.45, 7) is 0. The van der Waals surface area contributed by atoms with Gasteiger partial charge in [0.2, 0.25) is 0 Å². The minimum absolute atomic E-state index is 0.133. The van der Waals surface area contributed by atoms with E-state index in [9.17, 15) is 0 Å². The first-order valence-corrected chi connectivity index (χ1v) is 4.47. The molecule has 0 bridgehead atoms. The van der Waals surface area contributed by atoms with Crippen LogP contribution in [0.5, 0.6) is 0 Å². The van der Waals surface area contributed by atoms with Gasteiger partial charge in [0, 0.05) is 10.3 Å². The second-order valence-electron chi connectivity index (χ2n) is 2.19. The van der Waals surface area contributed by atoms with Crippen molar-refractivity contribution in [2.24, 2.45) is 0 Å². The Bertz CT molecular complexity index is 366. The van der Waals surface area contributed by atoms with Crippen molar-refractivity contribution in [3.63, 3.8) is 0 Å². The molecule has 3 heteroatoms. The lowest BCUT2D eigenvalue weighted by Gasteiger charge is -1.92. The molecule has 0 unspecified atom stereocenters. The molecule has 0 aliphatic rings. The number of hydrogen-bond acceptors (Lipinski definition) is 3. The van der Waals surface area contributed by atoms with Crippen LogP contribution in [0.3, 0.4) is 0 Å². The molecule has 0 spiro atoms. The van der Waals surface area contributed by atoms with E-state index in [-0.39, 0.29) is 5.57 Å². The Morgan fingerprint density at radius 1 is 1.15 bits per heavy atom. The van der Waals surface area contributed by atoms with Crippen LogP contribution < -0.4 is 0 Å². The summed E-state index contributed by atoms with van der Waals surface area (Å²) in [7, 11) is 0. The molecule has 62 valence electrons. The third-order valence-corrected chi connectivity index (χ3v) is 2.19. The lowest BCUT2D eigenvalue weighted by Crippen LogP contribution is -1.69. The van der Waals surface area contributed by atoms with Gasteiger partial charge >= 0.3 is 0 Å². The van der Waals surface area contributed by atoms with Gasteiger partial charge in [-0.2, -0.15) is 10.5 Å². The first-order valence-electron chi connectivity index (χ1n) is 3.59. The number of nitriles is 2. The number of hydrogen-bond donors (Lipinski definition) is 0. The maximum atomic E-state index is 8.45. The average molecular weight is 186 g/mol. The fourth-order valence-corrected chi connectivity index (χ4v) is 1.38. The summed E-state index contributed by atoms with van der Waals surface area (Å²) < 4.78 is 0. The highest BCUT2D eigenvalue weighted by Gasteiger charge is 1.92. The Hall–Kier alpha value is -1.71. The molecule has 0 fully saturated rings. The highest BCUT2D eigenvalue weighted by atomic mass is 32.2. The molecule has 1 aromatic carbocycles. The van der Waals surface area contributed by atoms with Crippen molar-refractivity contribution >= 4 is 11.8 Å². The normalized spacial score (nSPS) is 8.15. The predicted molar refractivity (Wildman–Crippen MR) is 51.6 cm³/mol. The van der Waals surface area contributed by atoms with Gasteiger partial charge in [-0.1, -0.05) is 30.0 Å². The summed E-state index contributed by atoms with van der Waals surface area (Å²) in [5.74, 6) is 0. The van der Waals surface area contributed by atoms with Crippen LogP contribution in [0.2, 0.25) is 0 Å². The zero-order valence-corrected chi connectivity index (χ0v) is 7.58. The van der Waals surface area contributed by atoms with Gasteiger partial charge < -0.3 is 0 Å². The van der Waals surface area contributed by atoms with E-state index in [1.807, 2.05) is 30.3 Å². The van der Waals surface area contributed by atoms with Crippen molar-refractivity contribution in [2.45, 2.75) is 4.90 Å². The van der Waals surface area contributed by atoms with Crippen LogP contribution in [0.1, 0.15) is 0 Å². The quantitative estimate of drug-likeness (QED) is 0.527. The van der Waals surface area contributed by atoms with Crippen LogP contribution >= 0.6 is 11.8 Å². The molecule has 0 heterocycles. The molecule has 2 nitrogen and oxygen atoms in total. The SMILES string of the molecule is N#CC(C#N)=CSc1ccccc1. The molecular weight excluding hydrogens is 180 g/mol. The van der Waals surface area contributed by atoms with Gasteiger partial charge in [0.25, 0.3) is 0 Å². The molecule has 0 aromatic heterocycles. The summed E-state index contributed by atoms with van der Waals surface area (Å²) in [5, 5.41) is 18.5. The third-order valence-electron chi connectivity index (χ3n) is 1.30. The molecular formula is C10H6N2S. The summed E-state index contributed by atoms with van der Waals surface area (Å²) in [6.07, 6.45) is 0. The molecule has 0 saturated heterocycles. The van der Waals surface area contributed by atoms with Crippen LogP contribution in [-0.4, -0.2) is 0 Å². The third kappa shape index (κ3) is 3.02. The van der Waals surface area contributed by atoms with Crippen molar-refractivity contribution < 1.29 is 0 Å². The molecule has 0 saturated carbocycles. The maximum absolute atomic E-state index is 8.45. The second-order valence-corrected chi connectivity index (χ2v) is 3.13. The van der Waals surface area contributed by atoms with Crippen molar-refractivity contribution in [3.05, 3.63) is 41.3 Å². The largest absolute Gasteiger partial charge is 0.192 e. The van der Waals surface area contributed by atoms with Crippen LogP contribution in [0, 0.1) is 22.7 Å². The Balaban J connectivity index is 2.69. The van der Waals surface area contributed by atoms with Gasteiger partial charge in [0.1, 0.15) is 17.7 Å². The van der Waals surface area contributed by atoms with Gasteiger partial charge in [0.05, 0.1) is 0 Å². The van der Waals surface area contributed by atoms with Crippen molar-refractivity contribution in [3.8, 4) is 12.1 Å². The molecule has 1 aromatic rings. The fraction of sp³-hybridized carbons (Fsp3) is 0. The minimum atomic E-state index is 0.133. The van der Waals surface area contributed by atoms with Gasteiger partial charge in [-0.25, -0.2) is 0 Å².